The van der Waals surface area contributed by atoms with Crippen molar-refractivity contribution < 1.29 is 14.2 Å². The minimum absolute atomic E-state index is 0.0335. The summed E-state index contributed by atoms with van der Waals surface area (Å²) in [6.45, 7) is 0.191. The maximum Gasteiger partial charge on any atom is 0.270 e. The molecule has 0 saturated heterocycles. The van der Waals surface area contributed by atoms with E-state index in [1.54, 1.807) is 36.4 Å². The third kappa shape index (κ3) is 3.23. The zero-order valence-electron chi connectivity index (χ0n) is 12.4. The first kappa shape index (κ1) is 15.2. The van der Waals surface area contributed by atoms with Crippen molar-refractivity contribution in [3.05, 3.63) is 58.6 Å². The topological polar surface area (TPSA) is 91.3 Å². The van der Waals surface area contributed by atoms with Crippen LogP contribution in [0.5, 0.6) is 5.75 Å². The second-order valence-corrected chi connectivity index (χ2v) is 4.75. The van der Waals surface area contributed by atoms with Crippen LogP contribution in [0.1, 0.15) is 0 Å². The first-order valence-electron chi connectivity index (χ1n) is 6.92. The van der Waals surface area contributed by atoms with Crippen LogP contribution >= 0.6 is 0 Å². The minimum atomic E-state index is -0.473. The molecule has 7 heteroatoms. The van der Waals surface area contributed by atoms with Crippen LogP contribution in [0.4, 0.5) is 5.69 Å². The number of hydrogen-bond acceptors (Lipinski definition) is 6. The van der Waals surface area contributed by atoms with Gasteiger partial charge in [-0.05, 0) is 24.3 Å². The van der Waals surface area contributed by atoms with Gasteiger partial charge in [-0.15, -0.1) is 6.42 Å². The number of rotatable bonds is 5. The molecule has 0 N–H and O–H groups in total. The molecular weight excluding hydrogens is 310 g/mol. The van der Waals surface area contributed by atoms with Gasteiger partial charge in [0.05, 0.1) is 4.92 Å². The number of hydrogen-bond donors (Lipinski definition) is 0. The first-order chi connectivity index (χ1) is 11.7. The van der Waals surface area contributed by atoms with E-state index in [4.69, 9.17) is 15.7 Å². The SMILES string of the molecule is C#CCOc1ccc(-c2nc(-c3cccc([N+](=O)[O-])c3)no2)cc1. The van der Waals surface area contributed by atoms with Gasteiger partial charge in [0.1, 0.15) is 12.4 Å². The predicted octanol–water partition coefficient (Wildman–Crippen LogP) is 3.32. The van der Waals surface area contributed by atoms with E-state index in [0.717, 1.165) is 0 Å². The molecule has 3 rings (SSSR count). The van der Waals surface area contributed by atoms with Gasteiger partial charge in [0, 0.05) is 23.3 Å². The number of aromatic nitrogens is 2. The van der Waals surface area contributed by atoms with Gasteiger partial charge < -0.3 is 9.26 Å². The number of nitro groups is 1. The van der Waals surface area contributed by atoms with Crippen LogP contribution in [-0.2, 0) is 0 Å². The Balaban J connectivity index is 1.84. The summed E-state index contributed by atoms with van der Waals surface area (Å²) in [7, 11) is 0. The van der Waals surface area contributed by atoms with Crippen LogP contribution in [0.15, 0.2) is 53.1 Å². The molecule has 0 bridgehead atoms. The molecule has 0 unspecified atom stereocenters. The molecule has 2 aromatic carbocycles. The van der Waals surface area contributed by atoms with E-state index in [1.807, 2.05) is 0 Å². The number of ether oxygens (including phenoxy) is 1. The van der Waals surface area contributed by atoms with Gasteiger partial charge in [-0.1, -0.05) is 23.2 Å². The largest absolute Gasteiger partial charge is 0.481 e. The van der Waals surface area contributed by atoms with Crippen LogP contribution in [0.3, 0.4) is 0 Å². The quantitative estimate of drug-likeness (QED) is 0.407. The van der Waals surface area contributed by atoms with Gasteiger partial charge in [-0.3, -0.25) is 10.1 Å². The van der Waals surface area contributed by atoms with Crippen LogP contribution in [0.2, 0.25) is 0 Å². The summed E-state index contributed by atoms with van der Waals surface area (Å²) in [5, 5.41) is 14.7. The average Bonchev–Trinajstić information content (AvgIpc) is 3.10. The molecule has 0 aliphatic heterocycles. The Morgan fingerprint density at radius 3 is 2.71 bits per heavy atom. The molecule has 1 heterocycles. The Labute approximate surface area is 137 Å². The van der Waals surface area contributed by atoms with E-state index in [9.17, 15) is 10.1 Å². The summed E-state index contributed by atoms with van der Waals surface area (Å²) in [5.74, 6) is 3.60. The summed E-state index contributed by atoms with van der Waals surface area (Å²) in [6.07, 6.45) is 5.13. The molecule has 0 fully saturated rings. The van der Waals surface area contributed by atoms with Gasteiger partial charge in [-0.2, -0.15) is 4.98 Å². The van der Waals surface area contributed by atoms with Gasteiger partial charge >= 0.3 is 0 Å². The predicted molar refractivity (Wildman–Crippen MR) is 86.2 cm³/mol. The number of nitro benzene ring substituents is 1. The minimum Gasteiger partial charge on any atom is -0.481 e. The molecule has 0 spiro atoms. The van der Waals surface area contributed by atoms with E-state index in [0.29, 0.717) is 22.8 Å². The van der Waals surface area contributed by atoms with Crippen molar-refractivity contribution in [3.8, 4) is 40.9 Å². The zero-order chi connectivity index (χ0) is 16.9. The fourth-order valence-electron chi connectivity index (χ4n) is 2.04. The van der Waals surface area contributed by atoms with Crippen molar-refractivity contribution in [3.63, 3.8) is 0 Å². The number of non-ortho nitro benzene ring substituents is 1. The smallest absolute Gasteiger partial charge is 0.270 e. The molecule has 0 radical (unpaired) electrons. The van der Waals surface area contributed by atoms with E-state index in [2.05, 4.69) is 16.1 Å². The third-order valence-electron chi connectivity index (χ3n) is 3.16. The van der Waals surface area contributed by atoms with Crippen molar-refractivity contribution in [2.45, 2.75) is 0 Å². The Morgan fingerprint density at radius 1 is 1.21 bits per heavy atom. The van der Waals surface area contributed by atoms with Gasteiger partial charge in [0.2, 0.25) is 5.82 Å². The highest BCUT2D eigenvalue weighted by Gasteiger charge is 2.13. The molecule has 0 saturated carbocycles. The summed E-state index contributed by atoms with van der Waals surface area (Å²) in [4.78, 5) is 14.6. The second-order valence-electron chi connectivity index (χ2n) is 4.75. The van der Waals surface area contributed by atoms with E-state index in [1.165, 1.54) is 12.1 Å². The van der Waals surface area contributed by atoms with Gasteiger partial charge in [-0.25, -0.2) is 0 Å². The fourth-order valence-corrected chi connectivity index (χ4v) is 2.04. The van der Waals surface area contributed by atoms with Crippen LogP contribution in [-0.4, -0.2) is 21.7 Å². The lowest BCUT2D eigenvalue weighted by molar-refractivity contribution is -0.384. The van der Waals surface area contributed by atoms with Crippen LogP contribution in [0.25, 0.3) is 22.8 Å². The normalized spacial score (nSPS) is 10.1. The van der Waals surface area contributed by atoms with Crippen molar-refractivity contribution in [2.75, 3.05) is 6.61 Å². The van der Waals surface area contributed by atoms with E-state index >= 15 is 0 Å². The van der Waals surface area contributed by atoms with Gasteiger partial charge in [0.25, 0.3) is 11.6 Å². The maximum absolute atomic E-state index is 10.8. The number of benzene rings is 2. The molecule has 0 aliphatic rings. The van der Waals surface area contributed by atoms with E-state index < -0.39 is 4.92 Å². The number of nitrogens with zero attached hydrogens (tertiary/aromatic N) is 3. The molecule has 0 atom stereocenters. The Bertz CT molecular complexity index is 910. The zero-order valence-corrected chi connectivity index (χ0v) is 12.4. The standard InChI is InChI=1S/C17H11N3O4/c1-2-10-23-15-8-6-12(7-9-15)17-18-16(19-24-17)13-4-3-5-14(11-13)20(21)22/h1,3-9,11H,10H2. The lowest BCUT2D eigenvalue weighted by Gasteiger charge is -2.01. The van der Waals surface area contributed by atoms with Crippen molar-refractivity contribution in [1.29, 1.82) is 0 Å². The molecule has 0 aliphatic carbocycles. The van der Waals surface area contributed by atoms with Crippen molar-refractivity contribution in [2.24, 2.45) is 0 Å². The molecule has 24 heavy (non-hydrogen) atoms. The van der Waals surface area contributed by atoms with E-state index in [-0.39, 0.29) is 18.1 Å². The first-order valence-corrected chi connectivity index (χ1v) is 6.92. The molecule has 1 aromatic heterocycles. The highest BCUT2D eigenvalue weighted by Crippen LogP contribution is 2.26. The Hall–Kier alpha value is -3.66. The third-order valence-corrected chi connectivity index (χ3v) is 3.16. The maximum atomic E-state index is 10.8. The monoisotopic (exact) mass is 321 g/mol. The highest BCUT2D eigenvalue weighted by atomic mass is 16.6. The number of terminal acetylenes is 1. The lowest BCUT2D eigenvalue weighted by atomic mass is 10.2. The van der Waals surface area contributed by atoms with Crippen LogP contribution in [0, 0.1) is 22.5 Å². The Morgan fingerprint density at radius 2 is 2.00 bits per heavy atom. The summed E-state index contributed by atoms with van der Waals surface area (Å²) in [6, 6.07) is 13.0. The average molecular weight is 321 g/mol. The highest BCUT2D eigenvalue weighted by molar-refractivity contribution is 5.62. The lowest BCUT2D eigenvalue weighted by Crippen LogP contribution is -1.92. The fraction of sp³-hybridized carbons (Fsp3) is 0.0588. The second kappa shape index (κ2) is 6.62. The molecule has 3 aromatic rings. The Kier molecular flexibility index (Phi) is 4.21. The van der Waals surface area contributed by atoms with Crippen molar-refractivity contribution in [1.82, 2.24) is 10.1 Å². The molecule has 0 amide bonds. The molecule has 7 nitrogen and oxygen atoms in total. The summed E-state index contributed by atoms with van der Waals surface area (Å²) in [5.41, 5.74) is 1.18. The van der Waals surface area contributed by atoms with Gasteiger partial charge in [0.15, 0.2) is 0 Å². The summed E-state index contributed by atoms with van der Waals surface area (Å²) >= 11 is 0. The molecular formula is C17H11N3O4. The molecule has 118 valence electrons. The summed E-state index contributed by atoms with van der Waals surface area (Å²) < 4.78 is 10.5. The van der Waals surface area contributed by atoms with Crippen LogP contribution < -0.4 is 4.74 Å². The van der Waals surface area contributed by atoms with Crippen molar-refractivity contribution >= 4 is 5.69 Å².